The van der Waals surface area contributed by atoms with E-state index in [-0.39, 0.29) is 0 Å². The summed E-state index contributed by atoms with van der Waals surface area (Å²) < 4.78 is 17.5. The van der Waals surface area contributed by atoms with Crippen LogP contribution in [0.5, 0.6) is 0 Å². The summed E-state index contributed by atoms with van der Waals surface area (Å²) in [4.78, 5) is 0. The Hall–Kier alpha value is 0.0969. The van der Waals surface area contributed by atoms with E-state index in [4.69, 9.17) is 14.2 Å². The SMILES string of the molecule is CCCCCOCC([Si])(OCCCCC)OCCCCC. The van der Waals surface area contributed by atoms with Gasteiger partial charge in [0.25, 0.3) is 0 Å². The van der Waals surface area contributed by atoms with Crippen molar-refractivity contribution in [3.8, 4) is 0 Å². The Kier molecular flexibility index (Phi) is 15.1. The highest BCUT2D eigenvalue weighted by atomic mass is 28.1. The van der Waals surface area contributed by atoms with Gasteiger partial charge in [-0.25, -0.2) is 0 Å². The minimum Gasteiger partial charge on any atom is -0.376 e. The van der Waals surface area contributed by atoms with E-state index in [1.54, 1.807) is 0 Å². The fraction of sp³-hybridized carbons (Fsp3) is 1.00. The van der Waals surface area contributed by atoms with Crippen molar-refractivity contribution in [2.45, 2.75) is 84.0 Å². The average molecular weight is 316 g/mol. The van der Waals surface area contributed by atoms with Gasteiger partial charge in [0.15, 0.2) is 5.41 Å². The Balaban J connectivity index is 3.98. The highest BCUT2D eigenvalue weighted by Crippen LogP contribution is 2.13. The lowest BCUT2D eigenvalue weighted by atomic mass is 10.3. The molecule has 0 atom stereocenters. The second kappa shape index (κ2) is 15.0. The molecular weight excluding hydrogens is 280 g/mol. The van der Waals surface area contributed by atoms with E-state index in [0.717, 1.165) is 25.9 Å². The van der Waals surface area contributed by atoms with Crippen molar-refractivity contribution in [2.24, 2.45) is 0 Å². The van der Waals surface area contributed by atoms with Crippen LogP contribution < -0.4 is 0 Å². The normalized spacial score (nSPS) is 12.0. The summed E-state index contributed by atoms with van der Waals surface area (Å²) in [6, 6.07) is 0. The molecule has 4 heteroatoms. The Labute approximate surface area is 135 Å². The number of hydrogen-bond acceptors (Lipinski definition) is 3. The Bertz CT molecular complexity index is 200. The first-order valence-corrected chi connectivity index (χ1v) is 9.29. The first-order chi connectivity index (χ1) is 10.2. The van der Waals surface area contributed by atoms with Crippen LogP contribution >= 0.6 is 0 Å². The second-order valence-electron chi connectivity index (χ2n) is 5.62. The minimum atomic E-state index is -0.770. The van der Waals surface area contributed by atoms with Crippen molar-refractivity contribution < 1.29 is 14.2 Å². The fourth-order valence-corrected chi connectivity index (χ4v) is 2.27. The van der Waals surface area contributed by atoms with E-state index in [1.165, 1.54) is 38.5 Å². The number of ether oxygens (including phenoxy) is 3. The van der Waals surface area contributed by atoms with E-state index >= 15 is 0 Å². The molecule has 0 aliphatic rings. The van der Waals surface area contributed by atoms with Crippen LogP contribution in [0.3, 0.4) is 0 Å². The fourth-order valence-electron chi connectivity index (χ4n) is 1.96. The maximum atomic E-state index is 5.88. The van der Waals surface area contributed by atoms with Gasteiger partial charge in [0.1, 0.15) is 10.2 Å². The van der Waals surface area contributed by atoms with E-state index in [1.807, 2.05) is 0 Å². The van der Waals surface area contributed by atoms with Crippen molar-refractivity contribution in [1.82, 2.24) is 0 Å². The molecule has 3 radical (unpaired) electrons. The molecular formula is C17H35O3Si. The summed E-state index contributed by atoms with van der Waals surface area (Å²) >= 11 is 0. The average Bonchev–Trinajstić information content (AvgIpc) is 2.48. The van der Waals surface area contributed by atoms with Gasteiger partial charge < -0.3 is 14.2 Å². The van der Waals surface area contributed by atoms with Crippen molar-refractivity contribution in [3.05, 3.63) is 0 Å². The molecule has 0 unspecified atom stereocenters. The topological polar surface area (TPSA) is 27.7 Å². The van der Waals surface area contributed by atoms with Gasteiger partial charge in [0.2, 0.25) is 0 Å². The lowest BCUT2D eigenvalue weighted by molar-refractivity contribution is -0.207. The molecule has 0 bridgehead atoms. The largest absolute Gasteiger partial charge is 0.376 e. The third-order valence-corrected chi connectivity index (χ3v) is 3.78. The van der Waals surface area contributed by atoms with Gasteiger partial charge in [-0.05, 0) is 19.3 Å². The van der Waals surface area contributed by atoms with Crippen LogP contribution in [0.25, 0.3) is 0 Å². The molecule has 0 N–H and O–H groups in total. The van der Waals surface area contributed by atoms with Crippen LogP contribution in [-0.2, 0) is 14.2 Å². The van der Waals surface area contributed by atoms with Crippen LogP contribution in [-0.4, -0.2) is 42.1 Å². The Morgan fingerprint density at radius 3 is 1.52 bits per heavy atom. The standard InChI is InChI=1S/C17H35O3Si/c1-4-7-10-13-18-16-17(21,19-14-11-8-5-2)20-15-12-9-6-3/h4-16H2,1-3H3. The van der Waals surface area contributed by atoms with Crippen molar-refractivity contribution in [1.29, 1.82) is 0 Å². The molecule has 0 rings (SSSR count). The lowest BCUT2D eigenvalue weighted by Crippen LogP contribution is -2.42. The highest BCUT2D eigenvalue weighted by molar-refractivity contribution is 6.13. The molecule has 21 heavy (non-hydrogen) atoms. The molecule has 0 saturated carbocycles. The van der Waals surface area contributed by atoms with Crippen LogP contribution in [0.4, 0.5) is 0 Å². The van der Waals surface area contributed by atoms with Crippen LogP contribution in [0, 0.1) is 0 Å². The Morgan fingerprint density at radius 1 is 0.667 bits per heavy atom. The van der Waals surface area contributed by atoms with Crippen LogP contribution in [0.1, 0.15) is 78.6 Å². The maximum Gasteiger partial charge on any atom is 0.166 e. The van der Waals surface area contributed by atoms with Crippen molar-refractivity contribution in [2.75, 3.05) is 26.4 Å². The first-order valence-electron chi connectivity index (χ1n) is 8.79. The van der Waals surface area contributed by atoms with E-state index in [2.05, 4.69) is 31.0 Å². The zero-order chi connectivity index (χ0) is 15.8. The molecule has 125 valence electrons. The zero-order valence-corrected chi connectivity index (χ0v) is 15.4. The van der Waals surface area contributed by atoms with Crippen LogP contribution in [0.2, 0.25) is 0 Å². The molecule has 0 aromatic heterocycles. The molecule has 0 aromatic rings. The van der Waals surface area contributed by atoms with Gasteiger partial charge in [-0.3, -0.25) is 0 Å². The Morgan fingerprint density at radius 2 is 1.10 bits per heavy atom. The molecule has 0 spiro atoms. The second-order valence-corrected chi connectivity index (χ2v) is 6.39. The highest BCUT2D eigenvalue weighted by Gasteiger charge is 2.26. The third kappa shape index (κ3) is 13.5. The van der Waals surface area contributed by atoms with E-state index in [9.17, 15) is 0 Å². The number of hydrogen-bond donors (Lipinski definition) is 0. The zero-order valence-electron chi connectivity index (χ0n) is 14.4. The predicted molar refractivity (Wildman–Crippen MR) is 89.8 cm³/mol. The predicted octanol–water partition coefficient (Wildman–Crippen LogP) is 4.43. The summed E-state index contributed by atoms with van der Waals surface area (Å²) in [5.41, 5.74) is -0.770. The molecule has 0 aromatic carbocycles. The van der Waals surface area contributed by atoms with Gasteiger partial charge >= 0.3 is 0 Å². The number of rotatable bonds is 16. The molecule has 0 aliphatic carbocycles. The van der Waals surface area contributed by atoms with E-state index < -0.39 is 5.41 Å². The number of unbranched alkanes of at least 4 members (excludes halogenated alkanes) is 6. The summed E-state index contributed by atoms with van der Waals surface area (Å²) in [5.74, 6) is 0. The molecule has 3 nitrogen and oxygen atoms in total. The van der Waals surface area contributed by atoms with Crippen LogP contribution in [0.15, 0.2) is 0 Å². The van der Waals surface area contributed by atoms with Gasteiger partial charge in [-0.1, -0.05) is 59.3 Å². The van der Waals surface area contributed by atoms with Crippen molar-refractivity contribution in [3.63, 3.8) is 0 Å². The molecule has 0 aliphatic heterocycles. The quantitative estimate of drug-likeness (QED) is 0.239. The minimum absolute atomic E-state index is 0.450. The third-order valence-electron chi connectivity index (χ3n) is 3.35. The molecule has 0 heterocycles. The van der Waals surface area contributed by atoms with Gasteiger partial charge in [-0.15, -0.1) is 0 Å². The maximum absolute atomic E-state index is 5.88. The van der Waals surface area contributed by atoms with Gasteiger partial charge in [-0.2, -0.15) is 0 Å². The lowest BCUT2D eigenvalue weighted by Gasteiger charge is -2.30. The monoisotopic (exact) mass is 315 g/mol. The van der Waals surface area contributed by atoms with E-state index in [0.29, 0.717) is 19.8 Å². The molecule has 0 amide bonds. The molecule has 0 saturated heterocycles. The summed E-state index contributed by atoms with van der Waals surface area (Å²) in [6.45, 7) is 9.23. The van der Waals surface area contributed by atoms with Gasteiger partial charge in [0.05, 0.1) is 6.61 Å². The smallest absolute Gasteiger partial charge is 0.166 e. The molecule has 0 fully saturated rings. The summed E-state index contributed by atoms with van der Waals surface area (Å²) in [6.07, 6.45) is 10.4. The summed E-state index contributed by atoms with van der Waals surface area (Å²) in [7, 11) is 3.65. The summed E-state index contributed by atoms with van der Waals surface area (Å²) in [5, 5.41) is 0. The van der Waals surface area contributed by atoms with Crippen molar-refractivity contribution >= 4 is 10.2 Å². The van der Waals surface area contributed by atoms with Gasteiger partial charge in [0, 0.05) is 19.8 Å². The first kappa shape index (κ1) is 21.1.